The minimum absolute atomic E-state index is 0.0830. The summed E-state index contributed by atoms with van der Waals surface area (Å²) >= 11 is 0. The summed E-state index contributed by atoms with van der Waals surface area (Å²) in [6, 6.07) is 6.11. The van der Waals surface area contributed by atoms with Crippen LogP contribution in [0.1, 0.15) is 35.3 Å². The number of rotatable bonds is 8. The molecule has 0 saturated heterocycles. The van der Waals surface area contributed by atoms with Crippen LogP contribution in [0.15, 0.2) is 30.5 Å². The average molecular weight is 320 g/mol. The lowest BCUT2D eigenvalue weighted by molar-refractivity contribution is -0.137. The number of halogens is 1. The molecule has 1 heterocycles. The number of amides is 1. The first-order chi connectivity index (χ1) is 11.0. The Morgan fingerprint density at radius 1 is 1.30 bits per heavy atom. The molecule has 8 heteroatoms. The smallest absolute Gasteiger partial charge is 0.303 e. The van der Waals surface area contributed by atoms with Crippen molar-refractivity contribution >= 4 is 11.9 Å². The molecule has 0 radical (unpaired) electrons. The van der Waals surface area contributed by atoms with Gasteiger partial charge in [0.15, 0.2) is 5.69 Å². The molecule has 0 aliphatic heterocycles. The Labute approximate surface area is 132 Å². The molecule has 1 amide bonds. The fourth-order valence-electron chi connectivity index (χ4n) is 2.00. The van der Waals surface area contributed by atoms with E-state index in [0.717, 1.165) is 5.56 Å². The van der Waals surface area contributed by atoms with E-state index >= 15 is 0 Å². The number of nitrogens with zero attached hydrogens (tertiary/aromatic N) is 3. The van der Waals surface area contributed by atoms with Gasteiger partial charge < -0.3 is 10.4 Å². The molecule has 0 aliphatic carbocycles. The number of hydrogen-bond donors (Lipinski definition) is 2. The Kier molecular flexibility index (Phi) is 5.79. The number of unbranched alkanes of at least 4 members (excludes halogenated alkanes) is 1. The van der Waals surface area contributed by atoms with Crippen molar-refractivity contribution in [3.05, 3.63) is 47.5 Å². The monoisotopic (exact) mass is 320 g/mol. The number of carboxylic acid groups (broad SMARTS) is 1. The van der Waals surface area contributed by atoms with E-state index in [2.05, 4.69) is 15.6 Å². The summed E-state index contributed by atoms with van der Waals surface area (Å²) in [7, 11) is 0. The van der Waals surface area contributed by atoms with Crippen molar-refractivity contribution in [2.24, 2.45) is 0 Å². The minimum atomic E-state index is -0.850. The lowest BCUT2D eigenvalue weighted by Crippen LogP contribution is -2.24. The van der Waals surface area contributed by atoms with Crippen molar-refractivity contribution in [2.75, 3.05) is 6.54 Å². The third kappa shape index (κ3) is 5.50. The van der Waals surface area contributed by atoms with Gasteiger partial charge in [0.2, 0.25) is 0 Å². The molecule has 0 saturated carbocycles. The van der Waals surface area contributed by atoms with E-state index in [1.807, 2.05) is 0 Å². The molecule has 2 N–H and O–H groups in total. The molecule has 0 aliphatic rings. The number of benzene rings is 1. The van der Waals surface area contributed by atoms with Crippen LogP contribution in [-0.2, 0) is 11.3 Å². The molecule has 122 valence electrons. The topological polar surface area (TPSA) is 97.1 Å². The number of hydrogen-bond acceptors (Lipinski definition) is 4. The lowest BCUT2D eigenvalue weighted by Gasteiger charge is -2.02. The van der Waals surface area contributed by atoms with Gasteiger partial charge in [0.1, 0.15) is 5.82 Å². The van der Waals surface area contributed by atoms with Gasteiger partial charge in [-0.2, -0.15) is 0 Å². The first kappa shape index (κ1) is 16.6. The van der Waals surface area contributed by atoms with Gasteiger partial charge in [0, 0.05) is 13.0 Å². The van der Waals surface area contributed by atoms with E-state index in [4.69, 9.17) is 5.11 Å². The number of carbonyl (C=O) groups is 2. The summed E-state index contributed by atoms with van der Waals surface area (Å²) in [4.78, 5) is 22.2. The molecule has 0 bridgehead atoms. The van der Waals surface area contributed by atoms with E-state index in [1.165, 1.54) is 23.0 Å². The van der Waals surface area contributed by atoms with Crippen LogP contribution < -0.4 is 5.32 Å². The molecule has 0 fully saturated rings. The number of aliphatic carboxylic acids is 1. The molecule has 0 unspecified atom stereocenters. The molecular formula is C15H17FN4O3. The zero-order valence-corrected chi connectivity index (χ0v) is 12.4. The highest BCUT2D eigenvalue weighted by Crippen LogP contribution is 2.05. The van der Waals surface area contributed by atoms with Gasteiger partial charge in [0.05, 0.1) is 12.7 Å². The van der Waals surface area contributed by atoms with Crippen molar-refractivity contribution in [3.63, 3.8) is 0 Å². The van der Waals surface area contributed by atoms with Crippen molar-refractivity contribution in [1.82, 2.24) is 20.3 Å². The standard InChI is InChI=1S/C15H17FN4O3/c16-12-5-3-4-11(8-12)9-20-10-13(18-19-20)15(23)17-7-2-1-6-14(21)22/h3-5,8,10H,1-2,6-7,9H2,(H,17,23)(H,21,22). The highest BCUT2D eigenvalue weighted by molar-refractivity contribution is 5.91. The molecule has 0 spiro atoms. The Bertz CT molecular complexity index is 687. The quantitative estimate of drug-likeness (QED) is 0.718. The molecule has 2 rings (SSSR count). The second-order valence-corrected chi connectivity index (χ2v) is 5.04. The molecule has 1 aromatic carbocycles. The summed E-state index contributed by atoms with van der Waals surface area (Å²) in [6.07, 6.45) is 2.65. The fourth-order valence-corrected chi connectivity index (χ4v) is 2.00. The van der Waals surface area contributed by atoms with Crippen LogP contribution in [-0.4, -0.2) is 38.5 Å². The van der Waals surface area contributed by atoms with E-state index in [9.17, 15) is 14.0 Å². The second kappa shape index (κ2) is 8.02. The highest BCUT2D eigenvalue weighted by atomic mass is 19.1. The highest BCUT2D eigenvalue weighted by Gasteiger charge is 2.10. The Balaban J connectivity index is 1.81. The third-order valence-corrected chi connectivity index (χ3v) is 3.11. The first-order valence-electron chi connectivity index (χ1n) is 7.19. The van der Waals surface area contributed by atoms with Gasteiger partial charge in [0.25, 0.3) is 5.91 Å². The maximum absolute atomic E-state index is 13.1. The summed E-state index contributed by atoms with van der Waals surface area (Å²) in [5.41, 5.74) is 0.884. The summed E-state index contributed by atoms with van der Waals surface area (Å²) in [5, 5.41) is 18.8. The van der Waals surface area contributed by atoms with Crippen LogP contribution in [0.5, 0.6) is 0 Å². The maximum atomic E-state index is 13.1. The van der Waals surface area contributed by atoms with Gasteiger partial charge in [-0.15, -0.1) is 5.10 Å². The molecular weight excluding hydrogens is 303 g/mol. The normalized spacial score (nSPS) is 10.5. The molecule has 7 nitrogen and oxygen atoms in total. The van der Waals surface area contributed by atoms with E-state index in [-0.39, 0.29) is 23.8 Å². The van der Waals surface area contributed by atoms with Crippen LogP contribution in [0.3, 0.4) is 0 Å². The summed E-state index contributed by atoms with van der Waals surface area (Å²) < 4.78 is 14.6. The van der Waals surface area contributed by atoms with E-state index < -0.39 is 5.97 Å². The van der Waals surface area contributed by atoms with Crippen molar-refractivity contribution in [2.45, 2.75) is 25.8 Å². The number of carboxylic acids is 1. The molecule has 2 aromatic rings. The van der Waals surface area contributed by atoms with Gasteiger partial charge in [-0.25, -0.2) is 9.07 Å². The van der Waals surface area contributed by atoms with Crippen LogP contribution in [0.2, 0.25) is 0 Å². The first-order valence-corrected chi connectivity index (χ1v) is 7.19. The van der Waals surface area contributed by atoms with Crippen molar-refractivity contribution in [3.8, 4) is 0 Å². The van der Waals surface area contributed by atoms with E-state index in [0.29, 0.717) is 25.9 Å². The lowest BCUT2D eigenvalue weighted by atomic mass is 10.2. The summed E-state index contributed by atoms with van der Waals surface area (Å²) in [6.45, 7) is 0.694. The fraction of sp³-hybridized carbons (Fsp3) is 0.333. The van der Waals surface area contributed by atoms with Gasteiger partial charge in [-0.05, 0) is 30.5 Å². The van der Waals surface area contributed by atoms with E-state index in [1.54, 1.807) is 12.1 Å². The largest absolute Gasteiger partial charge is 0.481 e. The molecule has 0 atom stereocenters. The average Bonchev–Trinajstić information content (AvgIpc) is 2.95. The van der Waals surface area contributed by atoms with Gasteiger partial charge in [-0.3, -0.25) is 9.59 Å². The molecule has 23 heavy (non-hydrogen) atoms. The predicted molar refractivity (Wildman–Crippen MR) is 79.3 cm³/mol. The molecule has 1 aromatic heterocycles. The SMILES string of the molecule is O=C(O)CCCCNC(=O)c1cn(Cc2cccc(F)c2)nn1. The van der Waals surface area contributed by atoms with Crippen LogP contribution in [0.25, 0.3) is 0 Å². The minimum Gasteiger partial charge on any atom is -0.481 e. The number of nitrogens with one attached hydrogen (secondary N) is 1. The predicted octanol–water partition coefficient (Wildman–Crippen LogP) is 1.45. The number of carbonyl (C=O) groups excluding carboxylic acids is 1. The third-order valence-electron chi connectivity index (χ3n) is 3.11. The number of aromatic nitrogens is 3. The Hall–Kier alpha value is -2.77. The van der Waals surface area contributed by atoms with Crippen LogP contribution in [0.4, 0.5) is 4.39 Å². The second-order valence-electron chi connectivity index (χ2n) is 5.04. The van der Waals surface area contributed by atoms with Crippen LogP contribution in [0, 0.1) is 5.82 Å². The zero-order valence-electron chi connectivity index (χ0n) is 12.4. The summed E-state index contributed by atoms with van der Waals surface area (Å²) in [5.74, 6) is -1.55. The van der Waals surface area contributed by atoms with Crippen molar-refractivity contribution in [1.29, 1.82) is 0 Å². The maximum Gasteiger partial charge on any atom is 0.303 e. The van der Waals surface area contributed by atoms with Crippen molar-refractivity contribution < 1.29 is 19.1 Å². The Morgan fingerprint density at radius 2 is 2.13 bits per heavy atom. The van der Waals surface area contributed by atoms with Gasteiger partial charge in [-0.1, -0.05) is 17.3 Å². The van der Waals surface area contributed by atoms with Gasteiger partial charge >= 0.3 is 5.97 Å². The Morgan fingerprint density at radius 3 is 2.87 bits per heavy atom. The van der Waals surface area contributed by atoms with Crippen LogP contribution >= 0.6 is 0 Å². The zero-order chi connectivity index (χ0) is 16.7.